The topological polar surface area (TPSA) is 29.4 Å². The van der Waals surface area contributed by atoms with E-state index in [1.165, 1.54) is 0 Å². The number of isothiocyanates is 1. The van der Waals surface area contributed by atoms with Crippen molar-refractivity contribution in [1.82, 2.24) is 0 Å². The molecule has 0 saturated heterocycles. The van der Waals surface area contributed by atoms with Gasteiger partial charge in [-0.2, -0.15) is 0 Å². The van der Waals surface area contributed by atoms with Crippen LogP contribution in [-0.2, 0) is 10.2 Å². The molecule has 0 aliphatic rings. The van der Waals surface area contributed by atoms with Gasteiger partial charge >= 0.3 is 0 Å². The molecule has 0 spiro atoms. The van der Waals surface area contributed by atoms with Gasteiger partial charge in [0.15, 0.2) is 0 Å². The smallest absolute Gasteiger partial charge is 0.216 e. The van der Waals surface area contributed by atoms with Crippen LogP contribution in [0.1, 0.15) is 0 Å². The monoisotopic (exact) mass is 141 g/mol. The molecule has 0 aromatic rings. The molecule has 0 fully saturated rings. The molecular weight excluding hydrogens is 142 g/mol. The van der Waals surface area contributed by atoms with E-state index < -0.39 is 10.2 Å². The second-order valence-corrected chi connectivity index (χ2v) is 1.96. The minimum absolute atomic E-state index is 1.68. The summed E-state index contributed by atoms with van der Waals surface area (Å²) in [7, 11) is 3.07. The van der Waals surface area contributed by atoms with Crippen LogP contribution in [0.5, 0.6) is 0 Å². The maximum absolute atomic E-state index is 9.62. The molecule has 2 nitrogen and oxygen atoms in total. The number of hydrogen-bond acceptors (Lipinski definition) is 2. The van der Waals surface area contributed by atoms with E-state index in [0.717, 1.165) is 0 Å². The van der Waals surface area contributed by atoms with Crippen LogP contribution in [-0.4, -0.2) is 9.37 Å². The Hall–Kier alpha value is 0.240. The summed E-state index contributed by atoms with van der Waals surface area (Å²) < 4.78 is 12.6. The maximum Gasteiger partial charge on any atom is 0.247 e. The first-order valence-corrected chi connectivity index (χ1v) is 3.27. The fourth-order valence-electron chi connectivity index (χ4n) is 0.0293. The van der Waals surface area contributed by atoms with Crippen LogP contribution >= 0.6 is 22.9 Å². The van der Waals surface area contributed by atoms with Gasteiger partial charge in [0, 0.05) is 10.7 Å². The van der Waals surface area contributed by atoms with Crippen LogP contribution < -0.4 is 0 Å². The van der Waals surface area contributed by atoms with E-state index in [1.807, 2.05) is 5.16 Å². The summed E-state index contributed by atoms with van der Waals surface area (Å²) in [5.41, 5.74) is 0. The van der Waals surface area contributed by atoms with Gasteiger partial charge in [-0.25, -0.2) is 4.21 Å². The lowest BCUT2D eigenvalue weighted by Crippen LogP contribution is -1.59. The Morgan fingerprint density at radius 3 is 2.50 bits per heavy atom. The van der Waals surface area contributed by atoms with Crippen LogP contribution in [0, 0.1) is 0 Å². The quantitative estimate of drug-likeness (QED) is 0.309. The van der Waals surface area contributed by atoms with Crippen LogP contribution in [0.2, 0.25) is 0 Å². The summed E-state index contributed by atoms with van der Waals surface area (Å²) in [6, 6.07) is 0. The molecular formula is CClNOS2. The SMILES string of the molecule is O=S(Cl)N=C=S. The minimum Gasteiger partial charge on any atom is -0.216 e. The number of rotatable bonds is 1. The van der Waals surface area contributed by atoms with Gasteiger partial charge in [0.05, 0.1) is 5.16 Å². The van der Waals surface area contributed by atoms with Crippen molar-refractivity contribution in [3.05, 3.63) is 0 Å². The number of nitrogens with zero attached hydrogens (tertiary/aromatic N) is 1. The van der Waals surface area contributed by atoms with Crippen LogP contribution in [0.25, 0.3) is 0 Å². The van der Waals surface area contributed by atoms with E-state index >= 15 is 0 Å². The number of thiocarbonyl (C=S) groups is 1. The predicted octanol–water partition coefficient (Wildman–Crippen LogP) is 0.907. The fourth-order valence-corrected chi connectivity index (χ4v) is 0.517. The Kier molecular flexibility index (Phi) is 3.57. The highest BCUT2D eigenvalue weighted by atomic mass is 35.7. The highest BCUT2D eigenvalue weighted by Crippen LogP contribution is 1.84. The Bertz CT molecular complexity index is 106. The maximum atomic E-state index is 9.62. The summed E-state index contributed by atoms with van der Waals surface area (Å²) in [4.78, 5) is 0. The molecule has 0 aromatic heterocycles. The summed E-state index contributed by atoms with van der Waals surface area (Å²) in [6.45, 7) is 0. The van der Waals surface area contributed by atoms with Crippen LogP contribution in [0.15, 0.2) is 4.40 Å². The second-order valence-electron chi connectivity index (χ2n) is 0.389. The minimum atomic E-state index is -1.68. The van der Waals surface area contributed by atoms with E-state index in [-0.39, 0.29) is 0 Å². The summed E-state index contributed by atoms with van der Waals surface area (Å²) >= 11 is 4.03. The summed E-state index contributed by atoms with van der Waals surface area (Å²) in [5.74, 6) is 0. The lowest BCUT2D eigenvalue weighted by atomic mass is 11.8. The van der Waals surface area contributed by atoms with E-state index in [2.05, 4.69) is 16.6 Å². The van der Waals surface area contributed by atoms with E-state index in [4.69, 9.17) is 10.7 Å². The van der Waals surface area contributed by atoms with Crippen molar-refractivity contribution in [2.24, 2.45) is 4.40 Å². The molecule has 0 saturated carbocycles. The van der Waals surface area contributed by atoms with Crippen molar-refractivity contribution in [2.45, 2.75) is 0 Å². The Balaban J connectivity index is 3.60. The average molecular weight is 142 g/mol. The van der Waals surface area contributed by atoms with E-state index in [1.54, 1.807) is 0 Å². The van der Waals surface area contributed by atoms with Crippen molar-refractivity contribution in [3.8, 4) is 0 Å². The van der Waals surface area contributed by atoms with Crippen LogP contribution in [0.4, 0.5) is 0 Å². The molecule has 0 heterocycles. The van der Waals surface area contributed by atoms with Crippen molar-refractivity contribution < 1.29 is 4.21 Å². The van der Waals surface area contributed by atoms with Crippen LogP contribution in [0.3, 0.4) is 0 Å². The largest absolute Gasteiger partial charge is 0.247 e. The first-order valence-electron chi connectivity index (χ1n) is 0.931. The van der Waals surface area contributed by atoms with Crippen molar-refractivity contribution in [3.63, 3.8) is 0 Å². The van der Waals surface area contributed by atoms with E-state index in [0.29, 0.717) is 0 Å². The third-order valence-corrected chi connectivity index (χ3v) is 0.758. The first-order chi connectivity index (χ1) is 2.77. The van der Waals surface area contributed by atoms with Gasteiger partial charge in [-0.3, -0.25) is 0 Å². The highest BCUT2D eigenvalue weighted by Gasteiger charge is 1.75. The molecule has 1 unspecified atom stereocenters. The van der Waals surface area contributed by atoms with Crippen molar-refractivity contribution in [2.75, 3.05) is 0 Å². The van der Waals surface area contributed by atoms with Gasteiger partial charge in [-0.1, -0.05) is 0 Å². The third kappa shape index (κ3) is 4.24. The van der Waals surface area contributed by atoms with Gasteiger partial charge in [0.2, 0.25) is 10.2 Å². The third-order valence-electron chi connectivity index (χ3n) is 0.109. The number of halogens is 1. The van der Waals surface area contributed by atoms with Crippen molar-refractivity contribution >= 4 is 38.3 Å². The Labute approximate surface area is 47.3 Å². The summed E-state index contributed by atoms with van der Waals surface area (Å²) in [5, 5.41) is 1.84. The highest BCUT2D eigenvalue weighted by molar-refractivity contribution is 8.07. The molecule has 5 heteroatoms. The molecule has 0 aliphatic heterocycles. The fraction of sp³-hybridized carbons (Fsp3) is 0. The predicted molar refractivity (Wildman–Crippen MR) is 29.0 cm³/mol. The molecule has 0 radical (unpaired) electrons. The van der Waals surface area contributed by atoms with Gasteiger partial charge in [0.25, 0.3) is 0 Å². The van der Waals surface area contributed by atoms with E-state index in [9.17, 15) is 4.21 Å². The standard InChI is InChI=1S/CClNOS2/c2-6(4)3-1-5. The Morgan fingerprint density at radius 1 is 2.00 bits per heavy atom. The van der Waals surface area contributed by atoms with Gasteiger partial charge in [-0.15, -0.1) is 4.40 Å². The molecule has 1 atom stereocenters. The van der Waals surface area contributed by atoms with Gasteiger partial charge in [0.1, 0.15) is 0 Å². The zero-order valence-corrected chi connectivity index (χ0v) is 4.94. The molecule has 0 amide bonds. The molecule has 0 rings (SSSR count). The lowest BCUT2D eigenvalue weighted by molar-refractivity contribution is 0.692. The number of hydrogen-bond donors (Lipinski definition) is 0. The van der Waals surface area contributed by atoms with Gasteiger partial charge in [-0.05, 0) is 12.2 Å². The zero-order chi connectivity index (χ0) is 4.99. The molecule has 0 aliphatic carbocycles. The zero-order valence-electron chi connectivity index (χ0n) is 2.55. The van der Waals surface area contributed by atoms with Gasteiger partial charge < -0.3 is 0 Å². The lowest BCUT2D eigenvalue weighted by Gasteiger charge is -1.61. The molecule has 34 valence electrons. The molecule has 6 heavy (non-hydrogen) atoms. The second kappa shape index (κ2) is 3.43. The summed E-state index contributed by atoms with van der Waals surface area (Å²) in [6.07, 6.45) is 0. The normalized spacial score (nSPS) is 12.2. The molecule has 0 N–H and O–H groups in total. The molecule has 0 bridgehead atoms. The Morgan fingerprint density at radius 2 is 2.50 bits per heavy atom. The average Bonchev–Trinajstić information content (AvgIpc) is 1.35. The van der Waals surface area contributed by atoms with Crippen molar-refractivity contribution in [1.29, 1.82) is 0 Å². The molecule has 0 aromatic carbocycles. The first kappa shape index (κ1) is 6.24.